The van der Waals surface area contributed by atoms with Crippen LogP contribution in [0.5, 0.6) is 6.01 Å². The van der Waals surface area contributed by atoms with Crippen LogP contribution in [0.15, 0.2) is 61.2 Å². The summed E-state index contributed by atoms with van der Waals surface area (Å²) in [5, 5.41) is 4.89. The van der Waals surface area contributed by atoms with Crippen molar-refractivity contribution < 1.29 is 18.3 Å². The zero-order chi connectivity index (χ0) is 32.5. The lowest BCUT2D eigenvalue weighted by Gasteiger charge is -2.28. The first-order valence-corrected chi connectivity index (χ1v) is 16.1. The van der Waals surface area contributed by atoms with Crippen LogP contribution in [0.25, 0.3) is 39.0 Å². The number of carbonyl (C=O) groups excluding carboxylic acids is 1. The second-order valence-corrected chi connectivity index (χ2v) is 12.6. The van der Waals surface area contributed by atoms with E-state index < -0.39 is 23.8 Å². The van der Waals surface area contributed by atoms with Gasteiger partial charge in [-0.3, -0.25) is 4.79 Å². The average Bonchev–Trinajstić information content (AvgIpc) is 3.54. The van der Waals surface area contributed by atoms with Crippen LogP contribution in [-0.2, 0) is 11.3 Å². The van der Waals surface area contributed by atoms with Gasteiger partial charge in [-0.05, 0) is 43.5 Å². The number of likely N-dealkylation sites (N-methyl/N-ethyl adjacent to an activating group) is 1. The molecule has 1 saturated heterocycles. The van der Waals surface area contributed by atoms with Gasteiger partial charge in [0.05, 0.1) is 34.9 Å². The minimum absolute atomic E-state index is 0.0473. The molecule has 14 heteroatoms. The number of hydrogen-bond acceptors (Lipinski definition) is 9. The Labute approximate surface area is 273 Å². The predicted molar refractivity (Wildman–Crippen MR) is 172 cm³/mol. The molecule has 0 unspecified atom stereocenters. The number of ether oxygens (including phenoxy) is 1. The van der Waals surface area contributed by atoms with Crippen molar-refractivity contribution in [2.45, 2.75) is 50.3 Å². The van der Waals surface area contributed by atoms with E-state index in [4.69, 9.17) is 14.7 Å². The highest BCUT2D eigenvalue weighted by Crippen LogP contribution is 2.42. The number of aromatic nitrogens is 8. The average molecular weight is 649 g/mol. The Hall–Kier alpha value is -5.53. The van der Waals surface area contributed by atoms with E-state index in [-0.39, 0.29) is 17.6 Å². The molecule has 12 nitrogen and oxygen atoms in total. The number of hydrogen-bond donors (Lipinski definition) is 0. The SMILES string of the molecule is CN1CCCn2c(C3CC3)nc3cccc(c32)-c2ccnc(n2)O[C@H]2C[C@@H](C1=O)N(c1ncnc3c1cnn3-c1ccc(F)cc1F)C2. The zero-order valence-corrected chi connectivity index (χ0v) is 26.0. The number of nitrogens with zero attached hydrogens (tertiary/aromatic N) is 10. The third kappa shape index (κ3) is 4.73. The maximum Gasteiger partial charge on any atom is 0.317 e. The summed E-state index contributed by atoms with van der Waals surface area (Å²) >= 11 is 0. The van der Waals surface area contributed by atoms with Gasteiger partial charge in [0.15, 0.2) is 11.5 Å². The fraction of sp³-hybridized carbons (Fsp3) is 0.324. The van der Waals surface area contributed by atoms with Crippen molar-refractivity contribution in [1.29, 1.82) is 0 Å². The maximum absolute atomic E-state index is 14.8. The Kier molecular flexibility index (Phi) is 6.59. The predicted octanol–water partition coefficient (Wildman–Crippen LogP) is 4.67. The lowest BCUT2D eigenvalue weighted by atomic mass is 10.1. The molecule has 3 aliphatic rings. The van der Waals surface area contributed by atoms with E-state index in [1.807, 2.05) is 30.1 Å². The van der Waals surface area contributed by atoms with Gasteiger partial charge in [0.25, 0.3) is 0 Å². The molecule has 2 fully saturated rings. The number of imidazole rings is 1. The van der Waals surface area contributed by atoms with Crippen LogP contribution < -0.4 is 9.64 Å². The molecule has 1 amide bonds. The molecule has 9 rings (SSSR count). The Balaban J connectivity index is 1.11. The van der Waals surface area contributed by atoms with E-state index >= 15 is 0 Å². The minimum Gasteiger partial charge on any atom is -0.458 e. The number of amides is 1. The van der Waals surface area contributed by atoms with Crippen molar-refractivity contribution in [2.75, 3.05) is 25.0 Å². The van der Waals surface area contributed by atoms with Crippen molar-refractivity contribution in [3.8, 4) is 23.0 Å². The fourth-order valence-electron chi connectivity index (χ4n) is 7.06. The number of carbonyl (C=O) groups is 1. The standard InChI is InChI=1S/C34H30F2N10O2/c1-43-12-3-13-44-29-22(4-2-5-26(29)41-30(44)19-6-7-19)25-10-11-37-34(42-25)48-21-15-28(33(43)47)45(17-21)31-23-16-40-46(32(23)39-18-38-31)27-9-8-20(35)14-24(27)36/h2,4-5,8-11,14,16,18-19,21,28H,3,6-7,12-13,15,17H2,1H3/t21-,28-/m0/s1. The molecule has 242 valence electrons. The van der Waals surface area contributed by atoms with Gasteiger partial charge in [-0.1, -0.05) is 12.1 Å². The summed E-state index contributed by atoms with van der Waals surface area (Å²) in [5.74, 6) is 0.444. The number of anilines is 1. The van der Waals surface area contributed by atoms with Crippen molar-refractivity contribution in [3.05, 3.63) is 78.6 Å². The molecule has 6 aromatic rings. The van der Waals surface area contributed by atoms with Gasteiger partial charge in [-0.2, -0.15) is 10.1 Å². The molecule has 2 atom stereocenters. The van der Waals surface area contributed by atoms with Gasteiger partial charge in [-0.15, -0.1) is 0 Å². The summed E-state index contributed by atoms with van der Waals surface area (Å²) < 4.78 is 38.4. The Morgan fingerprint density at radius 3 is 2.75 bits per heavy atom. The van der Waals surface area contributed by atoms with Crippen molar-refractivity contribution in [2.24, 2.45) is 0 Å². The van der Waals surface area contributed by atoms with E-state index in [9.17, 15) is 13.6 Å². The molecular formula is C34H30F2N10O2. The third-order valence-corrected chi connectivity index (χ3v) is 9.47. The molecule has 4 bridgehead atoms. The molecule has 1 saturated carbocycles. The highest BCUT2D eigenvalue weighted by atomic mass is 19.1. The number of fused-ring (bicyclic) bond motifs is 6. The van der Waals surface area contributed by atoms with Gasteiger partial charge < -0.3 is 19.1 Å². The lowest BCUT2D eigenvalue weighted by molar-refractivity contribution is -0.131. The van der Waals surface area contributed by atoms with Crippen LogP contribution in [0.1, 0.15) is 37.4 Å². The second-order valence-electron chi connectivity index (χ2n) is 12.6. The van der Waals surface area contributed by atoms with Crippen molar-refractivity contribution >= 4 is 33.8 Å². The van der Waals surface area contributed by atoms with Crippen LogP contribution in [0, 0.1) is 11.6 Å². The minimum atomic E-state index is -0.775. The monoisotopic (exact) mass is 648 g/mol. The largest absolute Gasteiger partial charge is 0.458 e. The lowest BCUT2D eigenvalue weighted by Crippen LogP contribution is -2.45. The van der Waals surface area contributed by atoms with Gasteiger partial charge in [0.2, 0.25) is 5.91 Å². The molecular weight excluding hydrogens is 618 g/mol. The maximum atomic E-state index is 14.8. The zero-order valence-electron chi connectivity index (χ0n) is 26.0. The molecule has 0 spiro atoms. The van der Waals surface area contributed by atoms with Gasteiger partial charge >= 0.3 is 6.01 Å². The molecule has 0 N–H and O–H groups in total. The van der Waals surface area contributed by atoms with E-state index in [1.165, 1.54) is 23.3 Å². The first kappa shape index (κ1) is 28.7. The van der Waals surface area contributed by atoms with E-state index in [1.54, 1.807) is 11.1 Å². The Morgan fingerprint density at radius 1 is 1.00 bits per heavy atom. The number of rotatable bonds is 3. The summed E-state index contributed by atoms with van der Waals surface area (Å²) in [6, 6.07) is 10.9. The van der Waals surface area contributed by atoms with Crippen molar-refractivity contribution in [1.82, 2.24) is 44.2 Å². The molecule has 48 heavy (non-hydrogen) atoms. The third-order valence-electron chi connectivity index (χ3n) is 9.47. The topological polar surface area (TPSA) is 120 Å². The Bertz CT molecular complexity index is 2230. The summed E-state index contributed by atoms with van der Waals surface area (Å²) in [6.45, 7) is 1.55. The highest BCUT2D eigenvalue weighted by molar-refractivity contribution is 5.93. The molecule has 4 aromatic heterocycles. The molecule has 0 radical (unpaired) electrons. The molecule has 2 aromatic carbocycles. The smallest absolute Gasteiger partial charge is 0.317 e. The highest BCUT2D eigenvalue weighted by Gasteiger charge is 2.41. The summed E-state index contributed by atoms with van der Waals surface area (Å²) in [4.78, 5) is 41.1. The van der Waals surface area contributed by atoms with E-state index in [2.05, 4.69) is 30.7 Å². The first-order chi connectivity index (χ1) is 23.4. The van der Waals surface area contributed by atoms with Crippen LogP contribution >= 0.6 is 0 Å². The van der Waals surface area contributed by atoms with Crippen LogP contribution in [-0.4, -0.2) is 82.4 Å². The number of benzene rings is 2. The van der Waals surface area contributed by atoms with Gasteiger partial charge in [0, 0.05) is 50.3 Å². The summed E-state index contributed by atoms with van der Waals surface area (Å²) in [7, 11) is 1.82. The first-order valence-electron chi connectivity index (χ1n) is 16.1. The number of para-hydroxylation sites is 1. The normalized spacial score (nSPS) is 19.9. The van der Waals surface area contributed by atoms with Crippen LogP contribution in [0.2, 0.25) is 0 Å². The number of halogens is 2. The molecule has 2 aliphatic heterocycles. The van der Waals surface area contributed by atoms with Crippen LogP contribution in [0.3, 0.4) is 0 Å². The summed E-state index contributed by atoms with van der Waals surface area (Å²) in [5.41, 5.74) is 4.04. The molecule has 1 aliphatic carbocycles. The van der Waals surface area contributed by atoms with Gasteiger partial charge in [0.1, 0.15) is 41.6 Å². The van der Waals surface area contributed by atoms with Crippen LogP contribution in [0.4, 0.5) is 14.6 Å². The Morgan fingerprint density at radius 2 is 1.90 bits per heavy atom. The fourth-order valence-corrected chi connectivity index (χ4v) is 7.06. The quantitative estimate of drug-likeness (QED) is 0.270. The van der Waals surface area contributed by atoms with Crippen molar-refractivity contribution in [3.63, 3.8) is 0 Å². The van der Waals surface area contributed by atoms with E-state index in [0.717, 1.165) is 59.5 Å². The summed E-state index contributed by atoms with van der Waals surface area (Å²) in [6.07, 6.45) is 7.49. The van der Waals surface area contributed by atoms with E-state index in [0.29, 0.717) is 48.8 Å². The van der Waals surface area contributed by atoms with Gasteiger partial charge in [-0.25, -0.2) is 33.4 Å². The molecule has 6 heterocycles. The second kappa shape index (κ2) is 11.0. The number of aryl methyl sites for hydroxylation is 1.